The minimum absolute atomic E-state index is 0.0264. The van der Waals surface area contributed by atoms with Crippen LogP contribution in [0.2, 0.25) is 0 Å². The van der Waals surface area contributed by atoms with E-state index in [4.69, 9.17) is 9.47 Å². The Balaban J connectivity index is 2.27. The number of ether oxygens (including phenoxy) is 2. The second kappa shape index (κ2) is 6.87. The number of nitrogens with one attached hydrogen (secondary N) is 1. The zero-order valence-electron chi connectivity index (χ0n) is 13.5. The molecule has 0 fully saturated rings. The van der Waals surface area contributed by atoms with Gasteiger partial charge in [-0.3, -0.25) is 4.72 Å². The monoisotopic (exact) mass is 336 g/mol. The van der Waals surface area contributed by atoms with Gasteiger partial charge in [0.25, 0.3) is 10.0 Å². The second-order valence-corrected chi connectivity index (χ2v) is 6.97. The van der Waals surface area contributed by atoms with Gasteiger partial charge >= 0.3 is 0 Å². The van der Waals surface area contributed by atoms with Crippen LogP contribution >= 0.6 is 0 Å². The van der Waals surface area contributed by atoms with E-state index in [0.717, 1.165) is 5.56 Å². The van der Waals surface area contributed by atoms with E-state index >= 15 is 0 Å². The van der Waals surface area contributed by atoms with Gasteiger partial charge in [-0.25, -0.2) is 13.4 Å². The molecular formula is C16H20N2O4S. The Hall–Kier alpha value is -2.28. The predicted molar refractivity (Wildman–Crippen MR) is 88.5 cm³/mol. The third-order valence-electron chi connectivity index (χ3n) is 3.02. The lowest BCUT2D eigenvalue weighted by atomic mass is 10.2. The van der Waals surface area contributed by atoms with E-state index < -0.39 is 10.0 Å². The minimum atomic E-state index is -3.69. The van der Waals surface area contributed by atoms with E-state index in [0.29, 0.717) is 17.3 Å². The summed E-state index contributed by atoms with van der Waals surface area (Å²) < 4.78 is 38.1. The minimum Gasteiger partial charge on any atom is -0.491 e. The van der Waals surface area contributed by atoms with Crippen LogP contribution in [0.25, 0.3) is 0 Å². The topological polar surface area (TPSA) is 77.5 Å². The van der Waals surface area contributed by atoms with Crippen LogP contribution in [-0.4, -0.2) is 26.6 Å². The Kier molecular flexibility index (Phi) is 5.10. The largest absolute Gasteiger partial charge is 0.491 e. The van der Waals surface area contributed by atoms with Crippen molar-refractivity contribution in [1.82, 2.24) is 4.98 Å². The first-order valence-electron chi connectivity index (χ1n) is 7.12. The molecule has 0 amide bonds. The summed E-state index contributed by atoms with van der Waals surface area (Å²) >= 11 is 0. The number of rotatable bonds is 6. The summed E-state index contributed by atoms with van der Waals surface area (Å²) in [6.45, 7) is 5.65. The molecule has 0 aliphatic rings. The number of aromatic nitrogens is 1. The van der Waals surface area contributed by atoms with Crippen LogP contribution in [-0.2, 0) is 10.0 Å². The summed E-state index contributed by atoms with van der Waals surface area (Å²) in [7, 11) is -2.23. The maximum absolute atomic E-state index is 12.5. The van der Waals surface area contributed by atoms with Gasteiger partial charge in [0.1, 0.15) is 5.75 Å². The van der Waals surface area contributed by atoms with Gasteiger partial charge in [-0.05, 0) is 50.6 Å². The number of hydrogen-bond donors (Lipinski definition) is 1. The molecule has 0 unspecified atom stereocenters. The first kappa shape index (κ1) is 17.1. The Labute approximate surface area is 136 Å². The molecule has 23 heavy (non-hydrogen) atoms. The van der Waals surface area contributed by atoms with Gasteiger partial charge in [0.05, 0.1) is 23.8 Å². The summed E-state index contributed by atoms with van der Waals surface area (Å²) in [5.41, 5.74) is 1.14. The van der Waals surface area contributed by atoms with Crippen LogP contribution < -0.4 is 14.2 Å². The first-order chi connectivity index (χ1) is 10.8. The van der Waals surface area contributed by atoms with Gasteiger partial charge in [-0.15, -0.1) is 0 Å². The van der Waals surface area contributed by atoms with Crippen LogP contribution in [0.15, 0.2) is 41.4 Å². The summed E-state index contributed by atoms with van der Waals surface area (Å²) in [4.78, 5) is 4.11. The molecule has 0 atom stereocenters. The average Bonchev–Trinajstić information content (AvgIpc) is 2.48. The van der Waals surface area contributed by atoms with Crippen molar-refractivity contribution in [3.05, 3.63) is 42.1 Å². The average molecular weight is 336 g/mol. The highest BCUT2D eigenvalue weighted by atomic mass is 32.2. The fourth-order valence-electron chi connectivity index (χ4n) is 1.97. The van der Waals surface area contributed by atoms with Crippen molar-refractivity contribution < 1.29 is 17.9 Å². The van der Waals surface area contributed by atoms with Crippen molar-refractivity contribution in [2.75, 3.05) is 11.8 Å². The number of nitrogens with zero attached hydrogens (tertiary/aromatic N) is 1. The molecule has 0 radical (unpaired) electrons. The highest BCUT2D eigenvalue weighted by Gasteiger charge is 2.16. The van der Waals surface area contributed by atoms with E-state index in [1.165, 1.54) is 25.4 Å². The molecule has 2 aromatic rings. The number of sulfonamides is 1. The molecule has 0 spiro atoms. The Bertz CT molecular complexity index is 788. The van der Waals surface area contributed by atoms with Crippen molar-refractivity contribution in [3.63, 3.8) is 0 Å². The quantitative estimate of drug-likeness (QED) is 0.877. The zero-order valence-corrected chi connectivity index (χ0v) is 14.3. The van der Waals surface area contributed by atoms with Crippen molar-refractivity contribution >= 4 is 15.7 Å². The van der Waals surface area contributed by atoms with Gasteiger partial charge in [-0.2, -0.15) is 0 Å². The van der Waals surface area contributed by atoms with Gasteiger partial charge in [0.2, 0.25) is 5.88 Å². The number of benzene rings is 1. The fourth-order valence-corrected chi connectivity index (χ4v) is 3.11. The van der Waals surface area contributed by atoms with E-state index in [1.54, 1.807) is 18.2 Å². The number of methoxy groups -OCH3 is 1. The van der Waals surface area contributed by atoms with Crippen LogP contribution in [0.5, 0.6) is 11.6 Å². The molecule has 1 N–H and O–H groups in total. The van der Waals surface area contributed by atoms with Gasteiger partial charge in [0.15, 0.2) is 0 Å². The molecule has 7 heteroatoms. The number of hydrogen-bond acceptors (Lipinski definition) is 5. The second-order valence-electron chi connectivity index (χ2n) is 5.29. The van der Waals surface area contributed by atoms with Crippen molar-refractivity contribution in [3.8, 4) is 11.6 Å². The lowest BCUT2D eigenvalue weighted by molar-refractivity contribution is 0.240. The highest BCUT2D eigenvalue weighted by molar-refractivity contribution is 7.92. The Morgan fingerprint density at radius 1 is 1.17 bits per heavy atom. The van der Waals surface area contributed by atoms with Crippen molar-refractivity contribution in [2.45, 2.75) is 31.8 Å². The maximum atomic E-state index is 12.5. The highest BCUT2D eigenvalue weighted by Crippen LogP contribution is 2.25. The standard InChI is InChI=1S/C16H20N2O4S/c1-11(2)22-15-6-5-14(9-12(15)3)23(19,20)18-13-7-8-17-16(10-13)21-4/h5-11H,1-4H3,(H,17,18). The molecule has 124 valence electrons. The summed E-state index contributed by atoms with van der Waals surface area (Å²) in [6, 6.07) is 7.84. The van der Waals surface area contributed by atoms with Crippen molar-refractivity contribution in [2.24, 2.45) is 0 Å². The van der Waals surface area contributed by atoms with Crippen molar-refractivity contribution in [1.29, 1.82) is 0 Å². The van der Waals surface area contributed by atoms with Crippen LogP contribution in [0.4, 0.5) is 5.69 Å². The van der Waals surface area contributed by atoms with Crippen LogP contribution in [0, 0.1) is 6.92 Å². The molecule has 2 rings (SSSR count). The third-order valence-corrected chi connectivity index (χ3v) is 4.39. The smallest absolute Gasteiger partial charge is 0.261 e. The van der Waals surface area contributed by atoms with E-state index in [-0.39, 0.29) is 11.0 Å². The molecule has 0 bridgehead atoms. The molecular weight excluding hydrogens is 316 g/mol. The fraction of sp³-hybridized carbons (Fsp3) is 0.312. The lowest BCUT2D eigenvalue weighted by Crippen LogP contribution is -2.14. The molecule has 0 aliphatic carbocycles. The van der Waals surface area contributed by atoms with Crippen LogP contribution in [0.1, 0.15) is 19.4 Å². The number of pyridine rings is 1. The van der Waals surface area contributed by atoms with Gasteiger partial charge < -0.3 is 9.47 Å². The lowest BCUT2D eigenvalue weighted by Gasteiger charge is -2.14. The SMILES string of the molecule is COc1cc(NS(=O)(=O)c2ccc(OC(C)C)c(C)c2)ccn1. The molecule has 0 aliphatic heterocycles. The summed E-state index contributed by atoms with van der Waals surface area (Å²) in [6.07, 6.45) is 1.50. The normalized spacial score (nSPS) is 11.3. The first-order valence-corrected chi connectivity index (χ1v) is 8.60. The molecule has 1 aromatic heterocycles. The van der Waals surface area contributed by atoms with E-state index in [1.807, 2.05) is 20.8 Å². The molecule has 0 saturated carbocycles. The van der Waals surface area contributed by atoms with E-state index in [2.05, 4.69) is 9.71 Å². The Morgan fingerprint density at radius 2 is 1.91 bits per heavy atom. The van der Waals surface area contributed by atoms with Gasteiger partial charge in [-0.1, -0.05) is 0 Å². The molecule has 1 heterocycles. The van der Waals surface area contributed by atoms with Crippen LogP contribution in [0.3, 0.4) is 0 Å². The molecule has 1 aromatic carbocycles. The summed E-state index contributed by atoms with van der Waals surface area (Å²) in [5.74, 6) is 1.01. The number of anilines is 1. The molecule has 6 nitrogen and oxygen atoms in total. The van der Waals surface area contributed by atoms with E-state index in [9.17, 15) is 8.42 Å². The predicted octanol–water partition coefficient (Wildman–Crippen LogP) is 2.99. The third kappa shape index (κ3) is 4.35. The molecule has 0 saturated heterocycles. The summed E-state index contributed by atoms with van der Waals surface area (Å²) in [5, 5.41) is 0. The zero-order chi connectivity index (χ0) is 17.0. The van der Waals surface area contributed by atoms with Gasteiger partial charge in [0, 0.05) is 12.3 Å². The maximum Gasteiger partial charge on any atom is 0.261 e. The number of aryl methyl sites for hydroxylation is 1. The Morgan fingerprint density at radius 3 is 2.52 bits per heavy atom.